The van der Waals surface area contributed by atoms with Crippen molar-refractivity contribution in [3.8, 4) is 0 Å². The molecule has 0 heterocycles. The average molecular weight is 163 g/mol. The molecule has 2 nitrogen and oxygen atoms in total. The van der Waals surface area contributed by atoms with Gasteiger partial charge in [0.2, 0.25) is 0 Å². The third-order valence-corrected chi connectivity index (χ3v) is 2.17. The number of rotatable bonds is 1. The van der Waals surface area contributed by atoms with Crippen molar-refractivity contribution < 1.29 is 9.59 Å². The van der Waals surface area contributed by atoms with Crippen LogP contribution in [0.5, 0.6) is 0 Å². The Morgan fingerprint density at radius 3 is 2.55 bits per heavy atom. The van der Waals surface area contributed by atoms with Gasteiger partial charge in [-0.3, -0.25) is 4.79 Å². The molecule has 0 aromatic rings. The summed E-state index contributed by atoms with van der Waals surface area (Å²) >= 11 is 0. The molecule has 1 radical (unpaired) electrons. The summed E-state index contributed by atoms with van der Waals surface area (Å²) in [4.78, 5) is 21.4. The van der Waals surface area contributed by atoms with E-state index in [0.717, 1.165) is 25.5 Å². The summed E-state index contributed by atoms with van der Waals surface area (Å²) < 4.78 is 0. The number of carbonyl (C=O) groups excluding carboxylic acids is 2. The Hall–Kier alpha value is 0.340. The van der Waals surface area contributed by atoms with E-state index in [4.69, 9.17) is 0 Å². The molecule has 2 unspecified atom stereocenters. The zero-order valence-corrected chi connectivity index (χ0v) is 9.17. The van der Waals surface area contributed by atoms with Crippen LogP contribution in [0.1, 0.15) is 26.2 Å². The summed E-state index contributed by atoms with van der Waals surface area (Å²) in [5, 5.41) is 0. The molecule has 3 heteroatoms. The Balaban J connectivity index is 0.000001000. The largest absolute Gasteiger partial charge is 0.303 e. The van der Waals surface area contributed by atoms with Crippen LogP contribution in [0.3, 0.4) is 0 Å². The first-order chi connectivity index (χ1) is 4.75. The normalized spacial score (nSPS) is 30.8. The molecule has 0 N–H and O–H groups in total. The van der Waals surface area contributed by atoms with Crippen molar-refractivity contribution in [1.29, 1.82) is 0 Å². The maximum Gasteiger partial charge on any atom is 0.145 e. The van der Waals surface area contributed by atoms with E-state index in [-0.39, 0.29) is 47.2 Å². The van der Waals surface area contributed by atoms with Crippen molar-refractivity contribution in [2.24, 2.45) is 11.8 Å². The molecular formula is C8H12NaO2. The Morgan fingerprint density at radius 2 is 2.09 bits per heavy atom. The fourth-order valence-corrected chi connectivity index (χ4v) is 1.43. The van der Waals surface area contributed by atoms with E-state index < -0.39 is 0 Å². The first-order valence-corrected chi connectivity index (χ1v) is 3.74. The molecule has 1 fully saturated rings. The summed E-state index contributed by atoms with van der Waals surface area (Å²) in [6.07, 6.45) is 3.55. The zero-order valence-electron chi connectivity index (χ0n) is 7.17. The van der Waals surface area contributed by atoms with Crippen LogP contribution in [-0.2, 0) is 9.59 Å². The van der Waals surface area contributed by atoms with E-state index in [1.165, 1.54) is 0 Å². The minimum atomic E-state index is -0.288. The molecule has 1 aliphatic carbocycles. The maximum absolute atomic E-state index is 11.1. The van der Waals surface area contributed by atoms with Crippen molar-refractivity contribution in [3.05, 3.63) is 0 Å². The molecule has 0 spiro atoms. The second-order valence-corrected chi connectivity index (χ2v) is 2.98. The third kappa shape index (κ3) is 2.69. The molecule has 0 aliphatic heterocycles. The number of hydrogen-bond acceptors (Lipinski definition) is 2. The SMILES string of the molecule is CC1CCCC(C=O)C1=O.[Na]. The Kier molecular flexibility index (Phi) is 5.23. The summed E-state index contributed by atoms with van der Waals surface area (Å²) in [6, 6.07) is 0. The molecular weight excluding hydrogens is 151 g/mol. The summed E-state index contributed by atoms with van der Waals surface area (Å²) in [6.45, 7) is 1.90. The van der Waals surface area contributed by atoms with Gasteiger partial charge in [0.1, 0.15) is 12.1 Å². The van der Waals surface area contributed by atoms with Gasteiger partial charge in [-0.15, -0.1) is 0 Å². The summed E-state index contributed by atoms with van der Waals surface area (Å²) in [5.74, 6) is -0.0334. The molecule has 0 amide bonds. The smallest absolute Gasteiger partial charge is 0.145 e. The predicted molar refractivity (Wildman–Crippen MR) is 43.3 cm³/mol. The van der Waals surface area contributed by atoms with Crippen LogP contribution in [0.25, 0.3) is 0 Å². The predicted octanol–water partition coefficient (Wildman–Crippen LogP) is 0.810. The molecule has 1 aliphatic rings. The van der Waals surface area contributed by atoms with Crippen LogP contribution in [-0.4, -0.2) is 41.6 Å². The van der Waals surface area contributed by atoms with Crippen LogP contribution in [0.15, 0.2) is 0 Å². The summed E-state index contributed by atoms with van der Waals surface area (Å²) in [5.41, 5.74) is 0. The van der Waals surface area contributed by atoms with Gasteiger partial charge in [-0.25, -0.2) is 0 Å². The van der Waals surface area contributed by atoms with Crippen LogP contribution in [0, 0.1) is 11.8 Å². The Bertz CT molecular complexity index is 156. The molecule has 1 rings (SSSR count). The fourth-order valence-electron chi connectivity index (χ4n) is 1.43. The van der Waals surface area contributed by atoms with Crippen molar-refractivity contribution in [1.82, 2.24) is 0 Å². The Morgan fingerprint density at radius 1 is 1.45 bits per heavy atom. The second kappa shape index (κ2) is 5.07. The van der Waals surface area contributed by atoms with Gasteiger partial charge in [0.05, 0.1) is 5.92 Å². The van der Waals surface area contributed by atoms with Gasteiger partial charge in [-0.2, -0.15) is 0 Å². The molecule has 11 heavy (non-hydrogen) atoms. The van der Waals surface area contributed by atoms with E-state index in [0.29, 0.717) is 0 Å². The van der Waals surface area contributed by atoms with E-state index in [2.05, 4.69) is 0 Å². The number of hydrogen-bond donors (Lipinski definition) is 0. The fraction of sp³-hybridized carbons (Fsp3) is 0.750. The molecule has 0 saturated heterocycles. The second-order valence-electron chi connectivity index (χ2n) is 2.98. The van der Waals surface area contributed by atoms with E-state index in [1.54, 1.807) is 0 Å². The number of Topliss-reactive ketones (excluding diaryl/α,β-unsaturated/α-hetero) is 1. The first-order valence-electron chi connectivity index (χ1n) is 3.74. The van der Waals surface area contributed by atoms with Crippen molar-refractivity contribution in [2.45, 2.75) is 26.2 Å². The number of ketones is 1. The van der Waals surface area contributed by atoms with Crippen molar-refractivity contribution in [3.63, 3.8) is 0 Å². The van der Waals surface area contributed by atoms with Crippen LogP contribution < -0.4 is 0 Å². The molecule has 57 valence electrons. The van der Waals surface area contributed by atoms with E-state index in [9.17, 15) is 9.59 Å². The van der Waals surface area contributed by atoms with Gasteiger partial charge in [0, 0.05) is 35.5 Å². The van der Waals surface area contributed by atoms with Crippen LogP contribution in [0.4, 0.5) is 0 Å². The van der Waals surface area contributed by atoms with Gasteiger partial charge in [0.15, 0.2) is 0 Å². The standard InChI is InChI=1S/C8H12O2.Na/c1-6-3-2-4-7(5-9)8(6)10;/h5-7H,2-4H2,1H3;. The molecule has 0 aromatic heterocycles. The van der Waals surface area contributed by atoms with Gasteiger partial charge in [0.25, 0.3) is 0 Å². The Labute approximate surface area is 89.0 Å². The van der Waals surface area contributed by atoms with Crippen LogP contribution in [0.2, 0.25) is 0 Å². The molecule has 0 aromatic carbocycles. The number of carbonyl (C=O) groups is 2. The third-order valence-electron chi connectivity index (χ3n) is 2.17. The molecule has 1 saturated carbocycles. The zero-order chi connectivity index (χ0) is 7.56. The minimum Gasteiger partial charge on any atom is -0.303 e. The van der Waals surface area contributed by atoms with Crippen LogP contribution >= 0.6 is 0 Å². The quantitative estimate of drug-likeness (QED) is 0.325. The monoisotopic (exact) mass is 163 g/mol. The van der Waals surface area contributed by atoms with E-state index >= 15 is 0 Å². The average Bonchev–Trinajstić information content (AvgIpc) is 1.95. The van der Waals surface area contributed by atoms with Crippen molar-refractivity contribution >= 4 is 41.6 Å². The topological polar surface area (TPSA) is 34.1 Å². The van der Waals surface area contributed by atoms with Gasteiger partial charge >= 0.3 is 0 Å². The molecule has 2 atom stereocenters. The minimum absolute atomic E-state index is 0. The van der Waals surface area contributed by atoms with Gasteiger partial charge in [-0.1, -0.05) is 13.3 Å². The van der Waals surface area contributed by atoms with Gasteiger partial charge in [-0.05, 0) is 12.8 Å². The van der Waals surface area contributed by atoms with Crippen molar-refractivity contribution in [2.75, 3.05) is 0 Å². The van der Waals surface area contributed by atoms with Gasteiger partial charge < -0.3 is 4.79 Å². The summed E-state index contributed by atoms with van der Waals surface area (Å²) in [7, 11) is 0. The van der Waals surface area contributed by atoms with E-state index in [1.807, 2.05) is 6.92 Å². The number of aldehydes is 1. The maximum atomic E-state index is 11.1. The first kappa shape index (κ1) is 11.3. The molecule has 0 bridgehead atoms.